The van der Waals surface area contributed by atoms with Gasteiger partial charge >= 0.3 is 5.97 Å². The third kappa shape index (κ3) is 9.45. The van der Waals surface area contributed by atoms with Crippen molar-refractivity contribution in [2.45, 2.75) is 101 Å². The number of hydrogen-bond donors (Lipinski definition) is 5. The first-order chi connectivity index (χ1) is 25.2. The van der Waals surface area contributed by atoms with E-state index in [1.807, 2.05) is 91.1 Å². The minimum Gasteiger partial charge on any atom is -0.461 e. The van der Waals surface area contributed by atoms with E-state index in [1.54, 1.807) is 0 Å². The number of aromatic amines is 1. The molecule has 6 rings (SSSR count). The van der Waals surface area contributed by atoms with Gasteiger partial charge in [0.1, 0.15) is 24.2 Å². The number of fused-ring (bicyclic) bond motifs is 1. The van der Waals surface area contributed by atoms with Crippen LogP contribution in [-0.2, 0) is 43.2 Å². The molecule has 0 radical (unpaired) electrons. The van der Waals surface area contributed by atoms with Crippen molar-refractivity contribution in [2.24, 2.45) is 5.73 Å². The van der Waals surface area contributed by atoms with Crippen molar-refractivity contribution < 1.29 is 29.0 Å². The highest BCUT2D eigenvalue weighted by atomic mass is 16.5. The fourth-order valence-corrected chi connectivity index (χ4v) is 7.38. The van der Waals surface area contributed by atoms with E-state index >= 15 is 0 Å². The molecule has 2 aliphatic rings. The second-order valence-electron chi connectivity index (χ2n) is 14.1. The second kappa shape index (κ2) is 17.5. The summed E-state index contributed by atoms with van der Waals surface area (Å²) in [6, 6.07) is 22.3. The van der Waals surface area contributed by atoms with E-state index in [2.05, 4.69) is 15.6 Å². The highest BCUT2D eigenvalue weighted by Crippen LogP contribution is 2.24. The molecule has 274 valence electrons. The van der Waals surface area contributed by atoms with Crippen molar-refractivity contribution in [3.05, 3.63) is 108 Å². The Morgan fingerprint density at radius 2 is 1.42 bits per heavy atom. The average molecular weight is 708 g/mol. The number of β-amino-alcohol motifs (C(OH)–C–C–N with tert-alkyl or cyclic N) is 1. The SMILES string of the molecule is N[C@H](Cc1c[nH]c2ccccc12)C(=O)N[C@@H](Cc1ccccc1)C(=O)N1C[C@H](O)C[C@@H]1C(=O)N[C@@H](Cc1ccccc1)C(=O)OC1CCCCCC1. The van der Waals surface area contributed by atoms with Crippen LogP contribution in [0.25, 0.3) is 10.9 Å². The van der Waals surface area contributed by atoms with E-state index in [4.69, 9.17) is 10.5 Å². The first-order valence-electron chi connectivity index (χ1n) is 18.4. The molecule has 1 aliphatic heterocycles. The van der Waals surface area contributed by atoms with Crippen LogP contribution in [0.1, 0.15) is 61.6 Å². The molecule has 2 fully saturated rings. The standard InChI is InChI=1S/C41H49N5O6/c42-33(23-29-25-43-34-20-12-11-19-32(29)34)38(48)44-35(21-27-13-5-3-6-14-27)40(50)46-26-30(47)24-37(46)39(49)45-36(22-28-15-7-4-8-16-28)41(51)52-31-17-9-1-2-10-18-31/h3-8,11-16,19-20,25,30-31,33,35-37,43,47H,1-2,9-10,17-18,21-24,26,42H2,(H,44,48)(H,45,49)/t30-,33-,35+,36+,37-/m1/s1. The number of carbonyl (C=O) groups is 4. The normalized spacial score (nSPS) is 19.7. The van der Waals surface area contributed by atoms with Gasteiger partial charge in [0.25, 0.3) is 0 Å². The van der Waals surface area contributed by atoms with E-state index in [9.17, 15) is 24.3 Å². The number of H-pyrrole nitrogens is 1. The summed E-state index contributed by atoms with van der Waals surface area (Å²) in [6.45, 7) is -0.102. The molecule has 11 nitrogen and oxygen atoms in total. The molecule has 5 atom stereocenters. The molecular weight excluding hydrogens is 658 g/mol. The number of nitrogens with zero attached hydrogens (tertiary/aromatic N) is 1. The van der Waals surface area contributed by atoms with Crippen molar-refractivity contribution in [3.63, 3.8) is 0 Å². The van der Waals surface area contributed by atoms with Crippen molar-refractivity contribution in [3.8, 4) is 0 Å². The Morgan fingerprint density at radius 1 is 0.808 bits per heavy atom. The number of rotatable bonds is 13. The lowest BCUT2D eigenvalue weighted by molar-refractivity contribution is -0.154. The molecule has 0 spiro atoms. The van der Waals surface area contributed by atoms with Gasteiger partial charge in [-0.2, -0.15) is 0 Å². The summed E-state index contributed by atoms with van der Waals surface area (Å²) in [6.07, 6.45) is 7.00. The Bertz CT molecular complexity index is 1810. The Kier molecular flexibility index (Phi) is 12.4. The van der Waals surface area contributed by atoms with E-state index < -0.39 is 54.0 Å². The Labute approximate surface area is 304 Å². The fourth-order valence-electron chi connectivity index (χ4n) is 7.38. The van der Waals surface area contributed by atoms with Crippen LogP contribution in [0.3, 0.4) is 0 Å². The first-order valence-corrected chi connectivity index (χ1v) is 18.4. The van der Waals surface area contributed by atoms with Crippen molar-refractivity contribution >= 4 is 34.6 Å². The first kappa shape index (κ1) is 36.8. The molecule has 2 heterocycles. The number of amides is 3. The third-order valence-electron chi connectivity index (χ3n) is 10.2. The van der Waals surface area contributed by atoms with Gasteiger partial charge in [0.05, 0.1) is 12.1 Å². The van der Waals surface area contributed by atoms with E-state index in [0.717, 1.165) is 66.1 Å². The number of hydrogen-bond acceptors (Lipinski definition) is 7. The summed E-state index contributed by atoms with van der Waals surface area (Å²) in [5, 5.41) is 17.5. The van der Waals surface area contributed by atoms with Crippen molar-refractivity contribution in [1.29, 1.82) is 0 Å². The quantitative estimate of drug-likeness (QED) is 0.104. The Hall–Kier alpha value is -5.00. The maximum atomic E-state index is 14.3. The van der Waals surface area contributed by atoms with Gasteiger partial charge in [-0.05, 0) is 54.9 Å². The number of nitrogens with one attached hydrogen (secondary N) is 3. The molecule has 1 aromatic heterocycles. The highest BCUT2D eigenvalue weighted by Gasteiger charge is 2.43. The van der Waals surface area contributed by atoms with E-state index in [1.165, 1.54) is 4.90 Å². The number of ether oxygens (including phenoxy) is 1. The Balaban J connectivity index is 1.18. The number of aromatic nitrogens is 1. The van der Waals surface area contributed by atoms with Gasteiger partial charge in [0, 0.05) is 42.9 Å². The molecular formula is C41H49N5O6. The zero-order valence-corrected chi connectivity index (χ0v) is 29.4. The van der Waals surface area contributed by atoms with Crippen LogP contribution < -0.4 is 16.4 Å². The number of carbonyl (C=O) groups excluding carboxylic acids is 4. The van der Waals surface area contributed by atoms with Gasteiger partial charge in [-0.1, -0.05) is 91.7 Å². The molecule has 3 aromatic carbocycles. The molecule has 6 N–H and O–H groups in total. The molecule has 4 aromatic rings. The summed E-state index contributed by atoms with van der Waals surface area (Å²) >= 11 is 0. The van der Waals surface area contributed by atoms with Gasteiger partial charge in [-0.3, -0.25) is 14.4 Å². The third-order valence-corrected chi connectivity index (χ3v) is 10.2. The van der Waals surface area contributed by atoms with Crippen LogP contribution in [0.5, 0.6) is 0 Å². The number of likely N-dealkylation sites (tertiary alicyclic amines) is 1. The zero-order chi connectivity index (χ0) is 36.5. The predicted octanol–water partition coefficient (Wildman–Crippen LogP) is 3.72. The van der Waals surface area contributed by atoms with E-state index in [0.29, 0.717) is 0 Å². The van der Waals surface area contributed by atoms with Gasteiger partial charge in [0.2, 0.25) is 17.7 Å². The number of aliphatic hydroxyl groups excluding tert-OH is 1. The van der Waals surface area contributed by atoms with Crippen LogP contribution >= 0.6 is 0 Å². The van der Waals surface area contributed by atoms with Gasteiger partial charge in [-0.25, -0.2) is 4.79 Å². The smallest absolute Gasteiger partial charge is 0.329 e. The monoisotopic (exact) mass is 707 g/mol. The van der Waals surface area contributed by atoms with E-state index in [-0.39, 0.29) is 38.3 Å². The molecule has 3 amide bonds. The molecule has 0 unspecified atom stereocenters. The van der Waals surface area contributed by atoms with Crippen LogP contribution in [0, 0.1) is 0 Å². The zero-order valence-electron chi connectivity index (χ0n) is 29.4. The maximum Gasteiger partial charge on any atom is 0.329 e. The fraction of sp³-hybridized carbons (Fsp3) is 0.415. The number of esters is 1. The summed E-state index contributed by atoms with van der Waals surface area (Å²) in [7, 11) is 0. The lowest BCUT2D eigenvalue weighted by atomic mass is 10.0. The predicted molar refractivity (Wildman–Crippen MR) is 198 cm³/mol. The average Bonchev–Trinajstić information content (AvgIpc) is 3.65. The lowest BCUT2D eigenvalue weighted by Gasteiger charge is -2.30. The second-order valence-corrected chi connectivity index (χ2v) is 14.1. The number of aliphatic hydroxyl groups is 1. The Morgan fingerprint density at radius 3 is 2.10 bits per heavy atom. The highest BCUT2D eigenvalue weighted by molar-refractivity contribution is 5.95. The van der Waals surface area contributed by atoms with Crippen molar-refractivity contribution in [2.75, 3.05) is 6.54 Å². The molecule has 52 heavy (non-hydrogen) atoms. The van der Waals surface area contributed by atoms with Crippen LogP contribution in [-0.4, -0.2) is 81.6 Å². The topological polar surface area (TPSA) is 167 Å². The number of benzene rings is 3. The minimum atomic E-state index is -1.07. The summed E-state index contributed by atoms with van der Waals surface area (Å²) in [5.74, 6) is -2.11. The van der Waals surface area contributed by atoms with Gasteiger partial charge in [0.15, 0.2) is 0 Å². The maximum absolute atomic E-state index is 14.3. The summed E-state index contributed by atoms with van der Waals surface area (Å²) in [4.78, 5) is 60.1. The summed E-state index contributed by atoms with van der Waals surface area (Å²) < 4.78 is 5.95. The molecule has 0 bridgehead atoms. The van der Waals surface area contributed by atoms with Gasteiger partial charge < -0.3 is 36.1 Å². The number of para-hydroxylation sites is 1. The summed E-state index contributed by atoms with van der Waals surface area (Å²) in [5.41, 5.74) is 9.88. The van der Waals surface area contributed by atoms with Crippen LogP contribution in [0.15, 0.2) is 91.1 Å². The number of nitrogens with two attached hydrogens (primary N) is 1. The van der Waals surface area contributed by atoms with Crippen LogP contribution in [0.4, 0.5) is 0 Å². The van der Waals surface area contributed by atoms with Crippen molar-refractivity contribution in [1.82, 2.24) is 20.5 Å². The molecule has 11 heteroatoms. The van der Waals surface area contributed by atoms with Gasteiger partial charge in [-0.15, -0.1) is 0 Å². The van der Waals surface area contributed by atoms with Crippen LogP contribution in [0.2, 0.25) is 0 Å². The largest absolute Gasteiger partial charge is 0.461 e. The molecule has 1 saturated carbocycles. The molecule has 1 aliphatic carbocycles. The minimum absolute atomic E-state index is 0.0145. The lowest BCUT2D eigenvalue weighted by Crippen LogP contribution is -2.57. The molecule has 1 saturated heterocycles.